The van der Waals surface area contributed by atoms with Crippen LogP contribution in [0.4, 0.5) is 10.1 Å². The van der Waals surface area contributed by atoms with Gasteiger partial charge in [0.15, 0.2) is 0 Å². The number of aryl methyl sites for hydroxylation is 1. The number of pyridine rings is 1. The van der Waals surface area contributed by atoms with E-state index in [1.165, 1.54) is 30.5 Å². The molecule has 1 heterocycles. The summed E-state index contributed by atoms with van der Waals surface area (Å²) in [6.07, 6.45) is 1.39. The number of hydrogen-bond acceptors (Lipinski definition) is 4. The maximum atomic E-state index is 13.0. The predicted molar refractivity (Wildman–Crippen MR) is 69.8 cm³/mol. The van der Waals surface area contributed by atoms with Crippen molar-refractivity contribution >= 4 is 21.6 Å². The lowest BCUT2D eigenvalue weighted by molar-refractivity contribution is -0.386. The standard InChI is InChI=1S/C12H8BrFN2O3/c1-7-4-9(14)2-3-11(7)19-12-10(16(17)18)5-8(13)6-15-12/h2-6H,1H3. The van der Waals surface area contributed by atoms with Crippen LogP contribution in [0.3, 0.4) is 0 Å². The summed E-state index contributed by atoms with van der Waals surface area (Å²) in [5.41, 5.74) is 0.261. The summed E-state index contributed by atoms with van der Waals surface area (Å²) < 4.78 is 18.8. The van der Waals surface area contributed by atoms with Gasteiger partial charge in [-0.2, -0.15) is 0 Å². The van der Waals surface area contributed by atoms with Crippen LogP contribution in [-0.2, 0) is 0 Å². The molecule has 7 heteroatoms. The number of nitrogens with zero attached hydrogens (tertiary/aromatic N) is 2. The van der Waals surface area contributed by atoms with Gasteiger partial charge in [-0.3, -0.25) is 10.1 Å². The molecule has 0 radical (unpaired) electrons. The highest BCUT2D eigenvalue weighted by Gasteiger charge is 2.18. The van der Waals surface area contributed by atoms with Crippen molar-refractivity contribution in [2.24, 2.45) is 0 Å². The molecule has 0 spiro atoms. The van der Waals surface area contributed by atoms with Gasteiger partial charge in [-0.05, 0) is 46.6 Å². The first-order valence-electron chi connectivity index (χ1n) is 5.21. The molecule has 98 valence electrons. The molecule has 5 nitrogen and oxygen atoms in total. The summed E-state index contributed by atoms with van der Waals surface area (Å²) in [7, 11) is 0. The summed E-state index contributed by atoms with van der Waals surface area (Å²) in [4.78, 5) is 14.2. The molecule has 2 aromatic rings. The molecule has 0 aliphatic heterocycles. The average molecular weight is 327 g/mol. The normalized spacial score (nSPS) is 10.3. The molecule has 1 aromatic heterocycles. The van der Waals surface area contributed by atoms with Crippen LogP contribution >= 0.6 is 15.9 Å². The summed E-state index contributed by atoms with van der Waals surface area (Å²) in [5, 5.41) is 10.9. The van der Waals surface area contributed by atoms with Crippen LogP contribution in [-0.4, -0.2) is 9.91 Å². The van der Waals surface area contributed by atoms with Crippen LogP contribution in [0.5, 0.6) is 11.6 Å². The summed E-state index contributed by atoms with van der Waals surface area (Å²) in [6.45, 7) is 1.64. The smallest absolute Gasteiger partial charge is 0.332 e. The van der Waals surface area contributed by atoms with E-state index in [4.69, 9.17) is 4.74 Å². The Bertz CT molecular complexity index is 649. The highest BCUT2D eigenvalue weighted by Crippen LogP contribution is 2.32. The van der Waals surface area contributed by atoms with E-state index in [1.807, 2.05) is 0 Å². The number of nitro groups is 1. The first kappa shape index (κ1) is 13.4. The van der Waals surface area contributed by atoms with Crippen LogP contribution < -0.4 is 4.74 Å². The minimum absolute atomic E-state index is 0.136. The van der Waals surface area contributed by atoms with E-state index in [1.54, 1.807) is 6.92 Å². The van der Waals surface area contributed by atoms with Gasteiger partial charge in [0, 0.05) is 16.7 Å². The minimum atomic E-state index is -0.591. The Morgan fingerprint density at radius 3 is 2.79 bits per heavy atom. The third-order valence-electron chi connectivity index (χ3n) is 2.34. The van der Waals surface area contributed by atoms with Gasteiger partial charge in [-0.1, -0.05) is 0 Å². The second kappa shape index (κ2) is 5.31. The Morgan fingerprint density at radius 2 is 2.16 bits per heavy atom. The highest BCUT2D eigenvalue weighted by atomic mass is 79.9. The summed E-state index contributed by atoms with van der Waals surface area (Å²) in [5.74, 6) is -0.217. The van der Waals surface area contributed by atoms with Gasteiger partial charge in [0.1, 0.15) is 11.6 Å². The van der Waals surface area contributed by atoms with Gasteiger partial charge in [0.05, 0.1) is 4.92 Å². The zero-order valence-electron chi connectivity index (χ0n) is 9.76. The number of hydrogen-bond donors (Lipinski definition) is 0. The number of rotatable bonds is 3. The molecular weight excluding hydrogens is 319 g/mol. The Labute approximate surface area is 116 Å². The third kappa shape index (κ3) is 3.05. The summed E-state index contributed by atoms with van der Waals surface area (Å²) >= 11 is 3.10. The monoisotopic (exact) mass is 326 g/mol. The molecule has 19 heavy (non-hydrogen) atoms. The lowest BCUT2D eigenvalue weighted by Crippen LogP contribution is -1.97. The zero-order valence-corrected chi connectivity index (χ0v) is 11.3. The molecule has 2 rings (SSSR count). The second-order valence-electron chi connectivity index (χ2n) is 3.75. The largest absolute Gasteiger partial charge is 0.433 e. The van der Waals surface area contributed by atoms with Crippen LogP contribution in [0.1, 0.15) is 5.56 Å². The van der Waals surface area contributed by atoms with Crippen molar-refractivity contribution in [1.29, 1.82) is 0 Å². The molecule has 0 saturated carbocycles. The molecule has 1 aromatic carbocycles. The number of ether oxygens (including phenoxy) is 1. The van der Waals surface area contributed by atoms with Gasteiger partial charge < -0.3 is 4.74 Å². The van der Waals surface area contributed by atoms with Crippen molar-refractivity contribution < 1.29 is 14.1 Å². The molecule has 0 unspecified atom stereocenters. The maximum absolute atomic E-state index is 13.0. The van der Waals surface area contributed by atoms with Crippen molar-refractivity contribution in [3.05, 3.63) is 56.4 Å². The van der Waals surface area contributed by atoms with Crippen LogP contribution in [0.2, 0.25) is 0 Å². The van der Waals surface area contributed by atoms with Gasteiger partial charge in [-0.15, -0.1) is 0 Å². The molecule has 0 aliphatic carbocycles. The quantitative estimate of drug-likeness (QED) is 0.631. The first-order chi connectivity index (χ1) is 8.97. The van der Waals surface area contributed by atoms with Gasteiger partial charge in [0.25, 0.3) is 5.88 Å². The molecule has 0 atom stereocenters. The van der Waals surface area contributed by atoms with E-state index >= 15 is 0 Å². The van der Waals surface area contributed by atoms with Gasteiger partial charge in [-0.25, -0.2) is 9.37 Å². The van der Waals surface area contributed by atoms with Crippen molar-refractivity contribution in [2.75, 3.05) is 0 Å². The molecule has 0 amide bonds. The Hall–Kier alpha value is -2.02. The van der Waals surface area contributed by atoms with Crippen LogP contribution in [0.25, 0.3) is 0 Å². The lowest BCUT2D eigenvalue weighted by atomic mass is 10.2. The molecule has 0 bridgehead atoms. The molecule has 0 aliphatic rings. The number of aromatic nitrogens is 1. The van der Waals surface area contributed by atoms with Gasteiger partial charge in [0.2, 0.25) is 0 Å². The van der Waals surface area contributed by atoms with Crippen LogP contribution in [0, 0.1) is 22.9 Å². The van der Waals surface area contributed by atoms with Gasteiger partial charge >= 0.3 is 5.69 Å². The fourth-order valence-electron chi connectivity index (χ4n) is 1.46. The fraction of sp³-hybridized carbons (Fsp3) is 0.0833. The van der Waals surface area contributed by atoms with E-state index in [0.717, 1.165) is 0 Å². The number of halogens is 2. The molecule has 0 N–H and O–H groups in total. The van der Waals surface area contributed by atoms with E-state index in [0.29, 0.717) is 15.8 Å². The third-order valence-corrected chi connectivity index (χ3v) is 2.77. The minimum Gasteiger partial charge on any atom is -0.433 e. The van der Waals surface area contributed by atoms with Crippen molar-refractivity contribution in [3.8, 4) is 11.6 Å². The number of benzene rings is 1. The predicted octanol–water partition coefficient (Wildman–Crippen LogP) is 3.99. The molecule has 0 fully saturated rings. The Kier molecular flexibility index (Phi) is 3.75. The van der Waals surface area contributed by atoms with E-state index in [2.05, 4.69) is 20.9 Å². The second-order valence-corrected chi connectivity index (χ2v) is 4.66. The SMILES string of the molecule is Cc1cc(F)ccc1Oc1ncc(Br)cc1[N+](=O)[O-]. The topological polar surface area (TPSA) is 65.3 Å². The Balaban J connectivity index is 2.40. The Morgan fingerprint density at radius 1 is 1.42 bits per heavy atom. The van der Waals surface area contributed by atoms with E-state index in [-0.39, 0.29) is 11.6 Å². The first-order valence-corrected chi connectivity index (χ1v) is 6.00. The maximum Gasteiger partial charge on any atom is 0.332 e. The van der Waals surface area contributed by atoms with Crippen LogP contribution in [0.15, 0.2) is 34.9 Å². The lowest BCUT2D eigenvalue weighted by Gasteiger charge is -2.08. The highest BCUT2D eigenvalue weighted by molar-refractivity contribution is 9.10. The van der Waals surface area contributed by atoms with Crippen molar-refractivity contribution in [1.82, 2.24) is 4.98 Å². The van der Waals surface area contributed by atoms with Crippen molar-refractivity contribution in [2.45, 2.75) is 6.92 Å². The summed E-state index contributed by atoms with van der Waals surface area (Å²) in [6, 6.07) is 5.19. The van der Waals surface area contributed by atoms with E-state index in [9.17, 15) is 14.5 Å². The average Bonchev–Trinajstić information content (AvgIpc) is 2.34. The van der Waals surface area contributed by atoms with E-state index < -0.39 is 10.7 Å². The molecule has 0 saturated heterocycles. The van der Waals surface area contributed by atoms with Crippen molar-refractivity contribution in [3.63, 3.8) is 0 Å². The zero-order chi connectivity index (χ0) is 14.0. The fourth-order valence-corrected chi connectivity index (χ4v) is 1.78. The molecular formula is C12H8BrFN2O3.